The second-order valence-corrected chi connectivity index (χ2v) is 8.23. The molecule has 10 nitrogen and oxygen atoms in total. The number of nitro groups is 1. The molecule has 0 spiro atoms. The van der Waals surface area contributed by atoms with Crippen molar-refractivity contribution in [3.63, 3.8) is 0 Å². The maximum Gasteiger partial charge on any atom is 0.270 e. The molecular weight excluding hydrogens is 446 g/mol. The number of non-ortho nitro benzene ring substituents is 1. The normalized spacial score (nSPS) is 15.7. The SMILES string of the molecule is COc1ccc(N2CC(c3nnc(NC(=O)/C=C/c4cccc([N+](=O)[O-])c4)s3)CC2=O)cc1. The number of ether oxygens (including phenoxy) is 1. The molecule has 2 aromatic carbocycles. The molecular formula is C22H19N5O5S. The van der Waals surface area contributed by atoms with Gasteiger partial charge in [0, 0.05) is 42.8 Å². The van der Waals surface area contributed by atoms with Crippen LogP contribution in [0.25, 0.3) is 6.08 Å². The van der Waals surface area contributed by atoms with Crippen LogP contribution in [0.1, 0.15) is 22.9 Å². The standard InChI is InChI=1S/C22H19N5O5S/c1-32-18-8-6-16(7-9-18)26-13-15(12-20(26)29)21-24-25-22(33-21)23-19(28)10-5-14-3-2-4-17(11-14)27(30)31/h2-11,15H,12-13H2,1H3,(H,23,25,28)/b10-5+. The maximum atomic E-state index is 12.5. The van der Waals surface area contributed by atoms with Gasteiger partial charge in [-0.2, -0.15) is 0 Å². The second kappa shape index (κ2) is 9.57. The van der Waals surface area contributed by atoms with E-state index in [2.05, 4.69) is 15.5 Å². The van der Waals surface area contributed by atoms with Crippen LogP contribution >= 0.6 is 11.3 Å². The number of hydrogen-bond acceptors (Lipinski definition) is 8. The van der Waals surface area contributed by atoms with Gasteiger partial charge in [-0.3, -0.25) is 25.0 Å². The molecule has 2 amide bonds. The Morgan fingerprint density at radius 1 is 1.27 bits per heavy atom. The highest BCUT2D eigenvalue weighted by molar-refractivity contribution is 7.15. The summed E-state index contributed by atoms with van der Waals surface area (Å²) >= 11 is 1.22. The predicted octanol–water partition coefficient (Wildman–Crippen LogP) is 3.63. The van der Waals surface area contributed by atoms with Crippen LogP contribution in [0.5, 0.6) is 5.75 Å². The number of benzene rings is 2. The van der Waals surface area contributed by atoms with Crippen LogP contribution in [0.15, 0.2) is 54.6 Å². The monoisotopic (exact) mass is 465 g/mol. The highest BCUT2D eigenvalue weighted by Gasteiger charge is 2.34. The van der Waals surface area contributed by atoms with Crippen molar-refractivity contribution in [3.05, 3.63) is 75.3 Å². The fourth-order valence-electron chi connectivity index (χ4n) is 3.40. The van der Waals surface area contributed by atoms with E-state index in [0.717, 1.165) is 5.69 Å². The largest absolute Gasteiger partial charge is 0.497 e. The first-order valence-corrected chi connectivity index (χ1v) is 10.8. The highest BCUT2D eigenvalue weighted by atomic mass is 32.1. The lowest BCUT2D eigenvalue weighted by Gasteiger charge is -2.16. The Hall–Kier alpha value is -4.12. The molecule has 0 aliphatic carbocycles. The van der Waals surface area contributed by atoms with Crippen molar-refractivity contribution < 1.29 is 19.2 Å². The quantitative estimate of drug-likeness (QED) is 0.321. The molecule has 1 N–H and O–H groups in total. The van der Waals surface area contributed by atoms with Crippen LogP contribution in [0, 0.1) is 10.1 Å². The summed E-state index contributed by atoms with van der Waals surface area (Å²) in [5, 5.41) is 22.6. The van der Waals surface area contributed by atoms with Gasteiger partial charge in [0.25, 0.3) is 5.69 Å². The fraction of sp³-hybridized carbons (Fsp3) is 0.182. The Morgan fingerprint density at radius 2 is 2.06 bits per heavy atom. The van der Waals surface area contributed by atoms with Crippen LogP contribution in [0.2, 0.25) is 0 Å². The Kier molecular flexibility index (Phi) is 6.41. The van der Waals surface area contributed by atoms with Crippen molar-refractivity contribution >= 4 is 45.7 Å². The summed E-state index contributed by atoms with van der Waals surface area (Å²) in [5.41, 5.74) is 1.26. The number of hydrogen-bond donors (Lipinski definition) is 1. The molecule has 1 unspecified atom stereocenters. The van der Waals surface area contributed by atoms with Crippen molar-refractivity contribution in [1.29, 1.82) is 0 Å². The number of rotatable bonds is 7. The summed E-state index contributed by atoms with van der Waals surface area (Å²) in [5.74, 6) is 0.145. The van der Waals surface area contributed by atoms with E-state index < -0.39 is 10.8 Å². The minimum Gasteiger partial charge on any atom is -0.497 e. The number of amides is 2. The lowest BCUT2D eigenvalue weighted by atomic mass is 10.1. The van der Waals surface area contributed by atoms with E-state index in [-0.39, 0.29) is 17.5 Å². The number of nitro benzene ring substituents is 1. The van der Waals surface area contributed by atoms with Gasteiger partial charge in [0.2, 0.25) is 16.9 Å². The van der Waals surface area contributed by atoms with Crippen molar-refractivity contribution in [2.75, 3.05) is 23.9 Å². The number of carbonyl (C=O) groups excluding carboxylic acids is 2. The molecule has 0 radical (unpaired) electrons. The van der Waals surface area contributed by atoms with Crippen LogP contribution < -0.4 is 15.0 Å². The van der Waals surface area contributed by atoms with Crippen molar-refractivity contribution in [2.24, 2.45) is 0 Å². The topological polar surface area (TPSA) is 128 Å². The van der Waals surface area contributed by atoms with Gasteiger partial charge >= 0.3 is 0 Å². The Bertz CT molecular complexity index is 1220. The van der Waals surface area contributed by atoms with Crippen molar-refractivity contribution in [1.82, 2.24) is 10.2 Å². The van der Waals surface area contributed by atoms with Gasteiger partial charge in [0.1, 0.15) is 10.8 Å². The van der Waals surface area contributed by atoms with Crippen molar-refractivity contribution in [2.45, 2.75) is 12.3 Å². The van der Waals surface area contributed by atoms with E-state index in [1.165, 1.54) is 35.6 Å². The van der Waals surface area contributed by atoms with Gasteiger partial charge in [-0.25, -0.2) is 0 Å². The number of anilines is 2. The van der Waals surface area contributed by atoms with Gasteiger partial charge < -0.3 is 9.64 Å². The predicted molar refractivity (Wildman–Crippen MR) is 123 cm³/mol. The molecule has 0 saturated carbocycles. The summed E-state index contributed by atoms with van der Waals surface area (Å²) in [6.07, 6.45) is 3.05. The summed E-state index contributed by atoms with van der Waals surface area (Å²) < 4.78 is 5.15. The van der Waals surface area contributed by atoms with Crippen LogP contribution in [0.3, 0.4) is 0 Å². The molecule has 1 atom stereocenters. The van der Waals surface area contributed by atoms with Gasteiger partial charge in [-0.1, -0.05) is 23.5 Å². The molecule has 1 saturated heterocycles. The molecule has 33 heavy (non-hydrogen) atoms. The molecule has 1 fully saturated rings. The average Bonchev–Trinajstić information content (AvgIpc) is 3.44. The molecule has 2 heterocycles. The molecule has 3 aromatic rings. The first-order chi connectivity index (χ1) is 15.9. The molecule has 168 valence electrons. The zero-order valence-electron chi connectivity index (χ0n) is 17.5. The van der Waals surface area contributed by atoms with Gasteiger partial charge in [-0.15, -0.1) is 10.2 Å². The van der Waals surface area contributed by atoms with Crippen molar-refractivity contribution in [3.8, 4) is 5.75 Å². The smallest absolute Gasteiger partial charge is 0.270 e. The zero-order valence-corrected chi connectivity index (χ0v) is 18.3. The van der Waals surface area contributed by atoms with E-state index in [1.54, 1.807) is 36.3 Å². The Morgan fingerprint density at radius 3 is 2.79 bits per heavy atom. The number of aromatic nitrogens is 2. The Labute approximate surface area is 192 Å². The maximum absolute atomic E-state index is 12.5. The molecule has 1 aromatic heterocycles. The molecule has 0 bridgehead atoms. The summed E-state index contributed by atoms with van der Waals surface area (Å²) in [6.45, 7) is 0.473. The molecule has 4 rings (SSSR count). The third-order valence-corrected chi connectivity index (χ3v) is 6.04. The van der Waals surface area contributed by atoms with Gasteiger partial charge in [0.15, 0.2) is 0 Å². The lowest BCUT2D eigenvalue weighted by Crippen LogP contribution is -2.24. The molecule has 1 aliphatic heterocycles. The molecule has 11 heteroatoms. The highest BCUT2D eigenvalue weighted by Crippen LogP contribution is 2.34. The van der Waals surface area contributed by atoms with Gasteiger partial charge in [-0.05, 0) is 35.9 Å². The minimum atomic E-state index is -0.496. The number of nitrogens with one attached hydrogen (secondary N) is 1. The third kappa shape index (κ3) is 5.21. The number of methoxy groups -OCH3 is 1. The zero-order chi connectivity index (χ0) is 23.4. The van der Waals surface area contributed by atoms with E-state index in [1.807, 2.05) is 12.1 Å². The number of nitrogens with zero attached hydrogens (tertiary/aromatic N) is 4. The van der Waals surface area contributed by atoms with E-state index >= 15 is 0 Å². The molecule has 1 aliphatic rings. The van der Waals surface area contributed by atoms with E-state index in [4.69, 9.17) is 4.74 Å². The first kappa shape index (κ1) is 22.1. The summed E-state index contributed by atoms with van der Waals surface area (Å²) in [6, 6.07) is 13.2. The van der Waals surface area contributed by atoms with Crippen LogP contribution in [-0.4, -0.2) is 40.6 Å². The first-order valence-electron chi connectivity index (χ1n) is 9.94. The van der Waals surface area contributed by atoms with E-state index in [0.29, 0.717) is 34.4 Å². The second-order valence-electron chi connectivity index (χ2n) is 7.22. The minimum absolute atomic E-state index is 0.00848. The van der Waals surface area contributed by atoms with E-state index in [9.17, 15) is 19.7 Å². The summed E-state index contributed by atoms with van der Waals surface area (Å²) in [7, 11) is 1.58. The average molecular weight is 465 g/mol. The Balaban J connectivity index is 1.37. The lowest BCUT2D eigenvalue weighted by molar-refractivity contribution is -0.384. The fourth-order valence-corrected chi connectivity index (χ4v) is 4.23. The summed E-state index contributed by atoms with van der Waals surface area (Å²) in [4.78, 5) is 36.8. The van der Waals surface area contributed by atoms with Gasteiger partial charge in [0.05, 0.1) is 12.0 Å². The van der Waals surface area contributed by atoms with Crippen LogP contribution in [0.4, 0.5) is 16.5 Å². The van der Waals surface area contributed by atoms with Crippen LogP contribution in [-0.2, 0) is 9.59 Å². The third-order valence-electron chi connectivity index (χ3n) is 5.04. The number of carbonyl (C=O) groups is 2.